The molecule has 0 radical (unpaired) electrons. The van der Waals surface area contributed by atoms with Crippen LogP contribution in [-0.4, -0.2) is 68.1 Å². The van der Waals surface area contributed by atoms with E-state index in [-0.39, 0.29) is 16.9 Å². The highest BCUT2D eigenvalue weighted by Crippen LogP contribution is 2.46. The van der Waals surface area contributed by atoms with Gasteiger partial charge in [-0.2, -0.15) is 0 Å². The number of hydrogen-bond acceptors (Lipinski definition) is 4. The van der Waals surface area contributed by atoms with Crippen LogP contribution in [0.1, 0.15) is 76.7 Å². The summed E-state index contributed by atoms with van der Waals surface area (Å²) in [5.74, 6) is 0.127. The summed E-state index contributed by atoms with van der Waals surface area (Å²) >= 11 is 0. The number of likely N-dealkylation sites (tertiary alicyclic amines) is 1. The molecule has 3 aliphatic heterocycles. The minimum atomic E-state index is -0.980. The first kappa shape index (κ1) is 26.9. The highest BCUT2D eigenvalue weighted by Gasteiger charge is 2.47. The van der Waals surface area contributed by atoms with Crippen molar-refractivity contribution in [2.45, 2.75) is 69.0 Å². The fourth-order valence-electron chi connectivity index (χ4n) is 8.03. The largest absolute Gasteiger partial charge is 0.478 e. The average molecular weight is 563 g/mol. The lowest BCUT2D eigenvalue weighted by molar-refractivity contribution is -0.0534. The summed E-state index contributed by atoms with van der Waals surface area (Å²) in [6.07, 6.45) is 6.61. The van der Waals surface area contributed by atoms with Crippen LogP contribution in [0.4, 0.5) is 0 Å². The third kappa shape index (κ3) is 4.70. The van der Waals surface area contributed by atoms with E-state index in [1.165, 1.54) is 42.5 Å². The molecule has 4 aliphatic rings. The number of benzene rings is 3. The monoisotopic (exact) mass is 562 g/mol. The summed E-state index contributed by atoms with van der Waals surface area (Å²) in [5, 5.41) is 9.20. The number of carboxylic acid groups (broad SMARTS) is 1. The van der Waals surface area contributed by atoms with Crippen molar-refractivity contribution in [1.29, 1.82) is 0 Å². The Kier molecular flexibility index (Phi) is 6.85. The van der Waals surface area contributed by atoms with Gasteiger partial charge in [0, 0.05) is 36.8 Å². The minimum absolute atomic E-state index is 0.0146. The van der Waals surface area contributed by atoms with Crippen LogP contribution < -0.4 is 0 Å². The number of aromatic carboxylic acids is 1. The Labute approximate surface area is 246 Å². The Morgan fingerprint density at radius 1 is 0.833 bits per heavy atom. The zero-order valence-corrected chi connectivity index (χ0v) is 24.2. The molecule has 3 aromatic carbocycles. The predicted octanol–water partition coefficient (Wildman–Crippen LogP) is 6.09. The van der Waals surface area contributed by atoms with Crippen LogP contribution in [0.15, 0.2) is 78.9 Å². The van der Waals surface area contributed by atoms with Crippen molar-refractivity contribution in [3.63, 3.8) is 0 Å². The molecule has 1 aliphatic carbocycles. The van der Waals surface area contributed by atoms with Gasteiger partial charge >= 0.3 is 5.97 Å². The fourth-order valence-corrected chi connectivity index (χ4v) is 8.03. The highest BCUT2D eigenvalue weighted by atomic mass is 16.4. The maximum atomic E-state index is 13.3. The first-order valence-electron chi connectivity index (χ1n) is 15.3. The van der Waals surface area contributed by atoms with Crippen molar-refractivity contribution in [1.82, 2.24) is 19.4 Å². The number of imidazole rings is 1. The molecular formula is C35H38N4O3. The smallest absolute Gasteiger partial charge is 0.335 e. The van der Waals surface area contributed by atoms with E-state index >= 15 is 0 Å². The Hall–Kier alpha value is -3.97. The molecule has 8 rings (SSSR count). The van der Waals surface area contributed by atoms with Gasteiger partial charge < -0.3 is 14.6 Å². The normalized spacial score (nSPS) is 23.5. The maximum absolute atomic E-state index is 13.3. The molecule has 2 bridgehead atoms. The average Bonchev–Trinajstić information content (AvgIpc) is 3.37. The number of para-hydroxylation sites is 2. The second-order valence-electron chi connectivity index (χ2n) is 12.5. The molecule has 42 heavy (non-hydrogen) atoms. The summed E-state index contributed by atoms with van der Waals surface area (Å²) in [6, 6.07) is 27.5. The van der Waals surface area contributed by atoms with Crippen molar-refractivity contribution in [3.8, 4) is 0 Å². The van der Waals surface area contributed by atoms with Gasteiger partial charge in [0.05, 0.1) is 16.6 Å². The molecule has 0 spiro atoms. The number of nitrogens with zero attached hydrogens (tertiary/aromatic N) is 4. The number of carbonyl (C=O) groups excluding carboxylic acids is 1. The number of hydrogen-bond donors (Lipinski definition) is 1. The Morgan fingerprint density at radius 3 is 2.14 bits per heavy atom. The first-order chi connectivity index (χ1) is 20.4. The molecule has 4 heterocycles. The zero-order valence-electron chi connectivity index (χ0n) is 24.2. The molecule has 3 saturated heterocycles. The van der Waals surface area contributed by atoms with E-state index in [4.69, 9.17) is 4.98 Å². The molecule has 2 atom stereocenters. The second kappa shape index (κ2) is 10.7. The molecule has 216 valence electrons. The van der Waals surface area contributed by atoms with Crippen molar-refractivity contribution < 1.29 is 14.7 Å². The lowest BCUT2D eigenvalue weighted by Gasteiger charge is -2.57. The summed E-state index contributed by atoms with van der Waals surface area (Å²) in [4.78, 5) is 34.0. The van der Waals surface area contributed by atoms with Gasteiger partial charge in [0.2, 0.25) is 0 Å². The topological polar surface area (TPSA) is 78.7 Å². The third-order valence-corrected chi connectivity index (χ3v) is 10.3. The first-order valence-corrected chi connectivity index (χ1v) is 15.3. The van der Waals surface area contributed by atoms with E-state index in [2.05, 4.69) is 71.0 Å². The van der Waals surface area contributed by atoms with Gasteiger partial charge in [-0.25, -0.2) is 9.78 Å². The Bertz CT molecular complexity index is 1590. The zero-order chi connectivity index (χ0) is 28.8. The molecule has 7 nitrogen and oxygen atoms in total. The van der Waals surface area contributed by atoms with Gasteiger partial charge in [0.1, 0.15) is 5.82 Å². The summed E-state index contributed by atoms with van der Waals surface area (Å²) in [6.45, 7) is 4.64. The summed E-state index contributed by atoms with van der Waals surface area (Å²) in [5.41, 5.74) is 4.53. The van der Waals surface area contributed by atoms with Crippen LogP contribution in [-0.2, 0) is 5.41 Å². The van der Waals surface area contributed by atoms with Gasteiger partial charge in [-0.15, -0.1) is 0 Å². The van der Waals surface area contributed by atoms with Crippen LogP contribution >= 0.6 is 0 Å². The number of amides is 1. The molecular weight excluding hydrogens is 524 g/mol. The van der Waals surface area contributed by atoms with Crippen molar-refractivity contribution in [3.05, 3.63) is 101 Å². The molecule has 2 unspecified atom stereocenters. The second-order valence-corrected chi connectivity index (χ2v) is 12.5. The Balaban J connectivity index is 1.03. The lowest BCUT2D eigenvalue weighted by atomic mass is 9.69. The number of carboxylic acids is 1. The number of aromatic nitrogens is 2. The van der Waals surface area contributed by atoms with Gasteiger partial charge in [0.25, 0.3) is 5.91 Å². The SMILES string of the molecule is Cc1nc2ccccc2n1C1CC2CC(C1)N2CCC1(c2ccccc2)CCN(C(=O)c2ccc(C(=O)O)cc2)CC1. The Morgan fingerprint density at radius 2 is 1.45 bits per heavy atom. The third-order valence-electron chi connectivity index (χ3n) is 10.3. The summed E-state index contributed by atoms with van der Waals surface area (Å²) < 4.78 is 2.49. The quantitative estimate of drug-likeness (QED) is 0.295. The van der Waals surface area contributed by atoms with Crippen molar-refractivity contribution >= 4 is 22.9 Å². The number of carbonyl (C=O) groups is 2. The number of aryl methyl sites for hydroxylation is 1. The van der Waals surface area contributed by atoms with Crippen LogP contribution in [0, 0.1) is 6.92 Å². The molecule has 1 amide bonds. The van der Waals surface area contributed by atoms with Gasteiger partial charge in [-0.3, -0.25) is 9.69 Å². The van der Waals surface area contributed by atoms with Crippen LogP contribution in [0.2, 0.25) is 0 Å². The standard InChI is InChI=1S/C35H38N4O3/c1-24-36-31-9-5-6-10-32(31)39(24)30-22-28-21-29(23-30)38(28)20-17-35(27-7-3-2-4-8-27)15-18-37(19-16-35)33(40)25-11-13-26(14-12-25)34(41)42/h2-14,28-30H,15-23H2,1H3,(H,41,42). The molecule has 1 aromatic heterocycles. The number of fused-ring (bicyclic) bond motifs is 3. The molecule has 4 aromatic rings. The number of piperidine rings is 2. The van der Waals surface area contributed by atoms with Crippen LogP contribution in [0.25, 0.3) is 11.0 Å². The van der Waals surface area contributed by atoms with E-state index in [1.54, 1.807) is 12.1 Å². The maximum Gasteiger partial charge on any atom is 0.335 e. The van der Waals surface area contributed by atoms with Gasteiger partial charge in [0.15, 0.2) is 0 Å². The van der Waals surface area contributed by atoms with Gasteiger partial charge in [-0.1, -0.05) is 42.5 Å². The van der Waals surface area contributed by atoms with Crippen molar-refractivity contribution in [2.24, 2.45) is 0 Å². The van der Waals surface area contributed by atoms with Crippen molar-refractivity contribution in [2.75, 3.05) is 19.6 Å². The van der Waals surface area contributed by atoms with E-state index in [9.17, 15) is 14.7 Å². The van der Waals surface area contributed by atoms with Crippen LogP contribution in [0.3, 0.4) is 0 Å². The van der Waals surface area contributed by atoms with Crippen LogP contribution in [0.5, 0.6) is 0 Å². The molecule has 4 fully saturated rings. The van der Waals surface area contributed by atoms with Gasteiger partial charge in [-0.05, 0) is 99.4 Å². The van der Waals surface area contributed by atoms with E-state index in [0.717, 1.165) is 37.1 Å². The summed E-state index contributed by atoms with van der Waals surface area (Å²) in [7, 11) is 0. The predicted molar refractivity (Wildman–Crippen MR) is 163 cm³/mol. The molecule has 1 N–H and O–H groups in total. The molecule has 1 saturated carbocycles. The van der Waals surface area contributed by atoms with E-state index in [1.807, 2.05) is 4.90 Å². The minimum Gasteiger partial charge on any atom is -0.478 e. The number of rotatable bonds is 7. The lowest BCUT2D eigenvalue weighted by Crippen LogP contribution is -2.61. The highest BCUT2D eigenvalue weighted by molar-refractivity contribution is 5.96. The van der Waals surface area contributed by atoms with E-state index in [0.29, 0.717) is 36.8 Å². The molecule has 7 heteroatoms. The fraction of sp³-hybridized carbons (Fsp3) is 0.400. The van der Waals surface area contributed by atoms with E-state index < -0.39 is 5.97 Å².